The van der Waals surface area contributed by atoms with Gasteiger partial charge in [-0.25, -0.2) is 4.99 Å². The molecule has 1 aromatic rings. The average Bonchev–Trinajstić information content (AvgIpc) is 2.50. The topological polar surface area (TPSA) is 54.9 Å². The van der Waals surface area contributed by atoms with Crippen molar-refractivity contribution in [2.45, 2.75) is 20.1 Å². The lowest BCUT2D eigenvalue weighted by atomic mass is 10.2. The fourth-order valence-electron chi connectivity index (χ4n) is 1.67. The molecule has 0 unspecified atom stereocenters. The Morgan fingerprint density at radius 3 is 2.70 bits per heavy atom. The molecular weight excluding hydrogens is 419 g/mol. The molecule has 0 spiro atoms. The van der Waals surface area contributed by atoms with Crippen molar-refractivity contribution in [3.8, 4) is 11.5 Å². The Balaban J connectivity index is 0.00000484. The molecular formula is C15H22F2IN3O2. The normalized spacial score (nSPS) is 10.7. The molecule has 0 aliphatic heterocycles. The number of methoxy groups -OCH3 is 1. The summed E-state index contributed by atoms with van der Waals surface area (Å²) < 4.78 is 34.5. The molecule has 0 aliphatic rings. The van der Waals surface area contributed by atoms with E-state index in [0.717, 1.165) is 0 Å². The Kier molecular flexibility index (Phi) is 11.1. The highest BCUT2D eigenvalue weighted by molar-refractivity contribution is 14.0. The van der Waals surface area contributed by atoms with Gasteiger partial charge in [0.1, 0.15) is 11.5 Å². The van der Waals surface area contributed by atoms with Gasteiger partial charge in [0, 0.05) is 24.7 Å². The van der Waals surface area contributed by atoms with E-state index in [2.05, 4.69) is 26.9 Å². The van der Waals surface area contributed by atoms with Crippen LogP contribution in [0.25, 0.3) is 0 Å². The number of hydrogen-bond donors (Lipinski definition) is 2. The molecule has 0 bridgehead atoms. The number of alkyl halides is 2. The summed E-state index contributed by atoms with van der Waals surface area (Å²) in [6.07, 6.45) is 1.70. The highest BCUT2D eigenvalue weighted by atomic mass is 127. The first kappa shape index (κ1) is 21.4. The van der Waals surface area contributed by atoms with Crippen LogP contribution in [0.15, 0.2) is 35.8 Å². The third-order valence-corrected chi connectivity index (χ3v) is 2.66. The van der Waals surface area contributed by atoms with Crippen LogP contribution in [0.2, 0.25) is 0 Å². The summed E-state index contributed by atoms with van der Waals surface area (Å²) in [5, 5.41) is 6.08. The monoisotopic (exact) mass is 441 g/mol. The summed E-state index contributed by atoms with van der Waals surface area (Å²) in [6, 6.07) is 4.74. The number of nitrogens with one attached hydrogen (secondary N) is 2. The molecule has 23 heavy (non-hydrogen) atoms. The molecule has 0 aliphatic carbocycles. The second-order valence-corrected chi connectivity index (χ2v) is 4.22. The number of guanidine groups is 1. The maximum atomic E-state index is 12.5. The van der Waals surface area contributed by atoms with Crippen molar-refractivity contribution in [2.75, 3.05) is 20.2 Å². The quantitative estimate of drug-likeness (QED) is 0.282. The van der Waals surface area contributed by atoms with E-state index < -0.39 is 6.61 Å². The van der Waals surface area contributed by atoms with Crippen molar-refractivity contribution < 1.29 is 18.3 Å². The van der Waals surface area contributed by atoms with Crippen LogP contribution in [0.1, 0.15) is 12.5 Å². The number of nitrogens with zero attached hydrogens (tertiary/aromatic N) is 1. The highest BCUT2D eigenvalue weighted by Gasteiger charge is 2.11. The largest absolute Gasteiger partial charge is 0.497 e. The molecule has 130 valence electrons. The molecule has 1 aromatic carbocycles. The molecule has 0 saturated heterocycles. The summed E-state index contributed by atoms with van der Waals surface area (Å²) in [6.45, 7) is 4.08. The third-order valence-electron chi connectivity index (χ3n) is 2.66. The molecule has 1 rings (SSSR count). The predicted octanol–water partition coefficient (Wildman–Crippen LogP) is 3.16. The fraction of sp³-hybridized carbons (Fsp3) is 0.400. The zero-order valence-electron chi connectivity index (χ0n) is 13.1. The minimum Gasteiger partial charge on any atom is -0.497 e. The van der Waals surface area contributed by atoms with Crippen LogP contribution in [0.3, 0.4) is 0 Å². The van der Waals surface area contributed by atoms with E-state index in [4.69, 9.17) is 4.74 Å². The Morgan fingerprint density at radius 1 is 1.39 bits per heavy atom. The Labute approximate surface area is 152 Å². The lowest BCUT2D eigenvalue weighted by Crippen LogP contribution is -2.37. The number of rotatable bonds is 8. The zero-order valence-corrected chi connectivity index (χ0v) is 15.5. The lowest BCUT2D eigenvalue weighted by molar-refractivity contribution is -0.0505. The second-order valence-electron chi connectivity index (χ2n) is 4.22. The van der Waals surface area contributed by atoms with E-state index in [1.54, 1.807) is 18.2 Å². The van der Waals surface area contributed by atoms with Gasteiger partial charge < -0.3 is 20.1 Å². The molecule has 5 nitrogen and oxygen atoms in total. The first-order chi connectivity index (χ1) is 10.6. The molecule has 0 amide bonds. The van der Waals surface area contributed by atoms with Crippen LogP contribution in [0, 0.1) is 0 Å². The maximum absolute atomic E-state index is 12.5. The van der Waals surface area contributed by atoms with E-state index in [1.165, 1.54) is 13.2 Å². The van der Waals surface area contributed by atoms with Crippen LogP contribution < -0.4 is 20.1 Å². The SMILES string of the molecule is C=CCNC(=NCc1ccc(OC)cc1OC(F)F)NCC.I. The number of benzene rings is 1. The van der Waals surface area contributed by atoms with Gasteiger partial charge in [-0.2, -0.15) is 8.78 Å². The van der Waals surface area contributed by atoms with Gasteiger partial charge in [0.15, 0.2) is 5.96 Å². The number of hydrogen-bond acceptors (Lipinski definition) is 3. The van der Waals surface area contributed by atoms with Crippen LogP contribution >= 0.6 is 24.0 Å². The molecule has 8 heteroatoms. The zero-order chi connectivity index (χ0) is 16.4. The first-order valence-electron chi connectivity index (χ1n) is 6.85. The summed E-state index contributed by atoms with van der Waals surface area (Å²) in [5.74, 6) is 1.07. The molecule has 0 heterocycles. The highest BCUT2D eigenvalue weighted by Crippen LogP contribution is 2.26. The Bertz CT molecular complexity index is 513. The van der Waals surface area contributed by atoms with Gasteiger partial charge in [-0.1, -0.05) is 6.08 Å². The van der Waals surface area contributed by atoms with Crippen molar-refractivity contribution >= 4 is 29.9 Å². The molecule has 0 fully saturated rings. The minimum atomic E-state index is -2.90. The molecule has 0 aromatic heterocycles. The van der Waals surface area contributed by atoms with Crippen LogP contribution in [-0.4, -0.2) is 32.8 Å². The summed E-state index contributed by atoms with van der Waals surface area (Å²) >= 11 is 0. The lowest BCUT2D eigenvalue weighted by Gasteiger charge is -2.13. The smallest absolute Gasteiger partial charge is 0.387 e. The van der Waals surface area contributed by atoms with Gasteiger partial charge in [0.25, 0.3) is 0 Å². The standard InChI is InChI=1S/C15H21F2N3O2.HI/c1-4-8-19-15(18-5-2)20-10-11-6-7-12(21-3)9-13(11)22-14(16)17;/h4,6-7,9,14H,1,5,8,10H2,2-3H3,(H2,18,19,20);1H. The third kappa shape index (κ3) is 8.00. The van der Waals surface area contributed by atoms with Gasteiger partial charge in [0.2, 0.25) is 0 Å². The maximum Gasteiger partial charge on any atom is 0.387 e. The fourth-order valence-corrected chi connectivity index (χ4v) is 1.67. The molecule has 0 saturated carbocycles. The molecule has 0 atom stereocenters. The van der Waals surface area contributed by atoms with Crippen LogP contribution in [0.4, 0.5) is 8.78 Å². The van der Waals surface area contributed by atoms with E-state index in [-0.39, 0.29) is 36.3 Å². The summed E-state index contributed by atoms with van der Waals surface area (Å²) in [4.78, 5) is 4.33. The summed E-state index contributed by atoms with van der Waals surface area (Å²) in [7, 11) is 1.46. The number of aliphatic imine (C=N–C) groups is 1. The van der Waals surface area contributed by atoms with Gasteiger partial charge in [0.05, 0.1) is 13.7 Å². The van der Waals surface area contributed by atoms with Crippen LogP contribution in [-0.2, 0) is 6.54 Å². The van der Waals surface area contributed by atoms with E-state index in [9.17, 15) is 8.78 Å². The van der Waals surface area contributed by atoms with E-state index in [0.29, 0.717) is 30.4 Å². The van der Waals surface area contributed by atoms with Crippen molar-refractivity contribution in [1.82, 2.24) is 10.6 Å². The molecule has 2 N–H and O–H groups in total. The minimum absolute atomic E-state index is 0. The number of halogens is 3. The van der Waals surface area contributed by atoms with E-state index in [1.807, 2.05) is 6.92 Å². The van der Waals surface area contributed by atoms with Gasteiger partial charge in [-0.05, 0) is 19.1 Å². The van der Waals surface area contributed by atoms with Crippen molar-refractivity contribution in [1.29, 1.82) is 0 Å². The van der Waals surface area contributed by atoms with Gasteiger partial charge in [-0.15, -0.1) is 30.6 Å². The van der Waals surface area contributed by atoms with Crippen LogP contribution in [0.5, 0.6) is 11.5 Å². The summed E-state index contributed by atoms with van der Waals surface area (Å²) in [5.41, 5.74) is 0.539. The Hall–Kier alpha value is -1.58. The first-order valence-corrected chi connectivity index (χ1v) is 6.85. The molecule has 0 radical (unpaired) electrons. The average molecular weight is 441 g/mol. The van der Waals surface area contributed by atoms with Crippen molar-refractivity contribution in [3.05, 3.63) is 36.4 Å². The van der Waals surface area contributed by atoms with Gasteiger partial charge in [-0.3, -0.25) is 0 Å². The van der Waals surface area contributed by atoms with Crippen molar-refractivity contribution in [3.63, 3.8) is 0 Å². The van der Waals surface area contributed by atoms with E-state index >= 15 is 0 Å². The van der Waals surface area contributed by atoms with Gasteiger partial charge >= 0.3 is 6.61 Å². The van der Waals surface area contributed by atoms with Crippen molar-refractivity contribution in [2.24, 2.45) is 4.99 Å². The number of ether oxygens (including phenoxy) is 2. The second kappa shape index (κ2) is 11.9. The Morgan fingerprint density at radius 2 is 2.13 bits per heavy atom. The predicted molar refractivity (Wildman–Crippen MR) is 98.1 cm³/mol.